The Balaban J connectivity index is 1.36. The lowest BCUT2D eigenvalue weighted by molar-refractivity contribution is -0.119. The first kappa shape index (κ1) is 19.2. The molecule has 0 spiro atoms. The summed E-state index contributed by atoms with van der Waals surface area (Å²) in [6.45, 7) is 2.83. The number of rotatable bonds is 3. The van der Waals surface area contributed by atoms with E-state index in [-0.39, 0.29) is 17.7 Å². The molecule has 0 atom stereocenters. The SMILES string of the molecule is O=C(c1ccccc1)N1CCN(C(=O)c2ccc(N3CCCCC3=O)cc2)CC1. The predicted molar refractivity (Wildman–Crippen MR) is 111 cm³/mol. The number of piperidine rings is 1. The van der Waals surface area contributed by atoms with Crippen molar-refractivity contribution in [2.24, 2.45) is 0 Å². The van der Waals surface area contributed by atoms with Crippen LogP contribution in [0.1, 0.15) is 40.0 Å². The van der Waals surface area contributed by atoms with Crippen LogP contribution in [0.2, 0.25) is 0 Å². The molecule has 2 aromatic carbocycles. The highest BCUT2D eigenvalue weighted by molar-refractivity contribution is 5.97. The molecule has 0 N–H and O–H groups in total. The lowest BCUT2D eigenvalue weighted by Crippen LogP contribution is -2.50. The molecule has 6 nitrogen and oxygen atoms in total. The standard InChI is InChI=1S/C23H25N3O3/c27-21-8-4-5-13-26(21)20-11-9-19(10-12-20)23(29)25-16-14-24(15-17-25)22(28)18-6-2-1-3-7-18/h1-3,6-7,9-12H,4-5,8,13-17H2. The second-order valence-electron chi connectivity index (χ2n) is 7.50. The second-order valence-corrected chi connectivity index (χ2v) is 7.50. The molecule has 0 aromatic heterocycles. The van der Waals surface area contributed by atoms with Crippen LogP contribution in [0.3, 0.4) is 0 Å². The molecule has 2 aromatic rings. The second kappa shape index (κ2) is 8.47. The van der Waals surface area contributed by atoms with E-state index in [1.807, 2.05) is 42.5 Å². The smallest absolute Gasteiger partial charge is 0.253 e. The van der Waals surface area contributed by atoms with Crippen LogP contribution in [-0.2, 0) is 4.79 Å². The number of piperazine rings is 1. The van der Waals surface area contributed by atoms with Gasteiger partial charge in [0.2, 0.25) is 5.91 Å². The third kappa shape index (κ3) is 4.16. The lowest BCUT2D eigenvalue weighted by atomic mass is 10.1. The van der Waals surface area contributed by atoms with Crippen LogP contribution in [-0.4, -0.2) is 60.2 Å². The molecule has 2 saturated heterocycles. The van der Waals surface area contributed by atoms with Gasteiger partial charge in [0, 0.05) is 56.0 Å². The first-order valence-corrected chi connectivity index (χ1v) is 10.2. The summed E-state index contributed by atoms with van der Waals surface area (Å²) in [6, 6.07) is 16.5. The molecule has 0 radical (unpaired) electrons. The number of nitrogens with zero attached hydrogens (tertiary/aromatic N) is 3. The van der Waals surface area contributed by atoms with Crippen molar-refractivity contribution in [2.45, 2.75) is 19.3 Å². The Labute approximate surface area is 170 Å². The zero-order valence-corrected chi connectivity index (χ0v) is 16.4. The van der Waals surface area contributed by atoms with Crippen molar-refractivity contribution in [3.8, 4) is 0 Å². The van der Waals surface area contributed by atoms with Gasteiger partial charge in [-0.05, 0) is 49.2 Å². The van der Waals surface area contributed by atoms with Crippen molar-refractivity contribution >= 4 is 23.4 Å². The molecule has 0 unspecified atom stereocenters. The molecule has 0 saturated carbocycles. The van der Waals surface area contributed by atoms with Gasteiger partial charge >= 0.3 is 0 Å². The van der Waals surface area contributed by atoms with Crippen LogP contribution in [0.5, 0.6) is 0 Å². The first-order valence-electron chi connectivity index (χ1n) is 10.2. The number of carbonyl (C=O) groups excluding carboxylic acids is 3. The molecular formula is C23H25N3O3. The molecule has 6 heteroatoms. The Kier molecular flexibility index (Phi) is 5.60. The van der Waals surface area contributed by atoms with Crippen molar-refractivity contribution < 1.29 is 14.4 Å². The fourth-order valence-electron chi connectivity index (χ4n) is 3.92. The highest BCUT2D eigenvalue weighted by Gasteiger charge is 2.26. The van der Waals surface area contributed by atoms with E-state index in [1.165, 1.54) is 0 Å². The van der Waals surface area contributed by atoms with Crippen molar-refractivity contribution in [1.82, 2.24) is 9.80 Å². The zero-order valence-electron chi connectivity index (χ0n) is 16.4. The summed E-state index contributed by atoms with van der Waals surface area (Å²) in [7, 11) is 0. The Bertz CT molecular complexity index is 887. The van der Waals surface area contributed by atoms with Crippen molar-refractivity contribution in [2.75, 3.05) is 37.6 Å². The third-order valence-electron chi connectivity index (χ3n) is 5.62. The number of amides is 3. The Hall–Kier alpha value is -3.15. The summed E-state index contributed by atoms with van der Waals surface area (Å²) in [5.41, 5.74) is 2.14. The van der Waals surface area contributed by atoms with Gasteiger partial charge in [-0.2, -0.15) is 0 Å². The Morgan fingerprint density at radius 1 is 0.655 bits per heavy atom. The van der Waals surface area contributed by atoms with Gasteiger partial charge in [0.15, 0.2) is 0 Å². The van der Waals surface area contributed by atoms with E-state index < -0.39 is 0 Å². The summed E-state index contributed by atoms with van der Waals surface area (Å²) in [6.07, 6.45) is 2.55. The maximum atomic E-state index is 12.8. The molecule has 0 aliphatic carbocycles. The summed E-state index contributed by atoms with van der Waals surface area (Å²) in [4.78, 5) is 42.8. The maximum Gasteiger partial charge on any atom is 0.253 e. The van der Waals surface area contributed by atoms with E-state index in [2.05, 4.69) is 0 Å². The average molecular weight is 391 g/mol. The average Bonchev–Trinajstić information content (AvgIpc) is 2.79. The molecule has 150 valence electrons. The summed E-state index contributed by atoms with van der Waals surface area (Å²) < 4.78 is 0. The van der Waals surface area contributed by atoms with Crippen LogP contribution in [0.25, 0.3) is 0 Å². The minimum Gasteiger partial charge on any atom is -0.335 e. The van der Waals surface area contributed by atoms with Crippen LogP contribution in [0.15, 0.2) is 54.6 Å². The number of benzene rings is 2. The minimum atomic E-state index is -0.0340. The monoisotopic (exact) mass is 391 g/mol. The fourth-order valence-corrected chi connectivity index (χ4v) is 3.92. The molecule has 4 rings (SSSR count). The molecule has 0 bridgehead atoms. The van der Waals surface area contributed by atoms with Crippen LogP contribution in [0.4, 0.5) is 5.69 Å². The van der Waals surface area contributed by atoms with Gasteiger partial charge in [-0.3, -0.25) is 14.4 Å². The Morgan fingerprint density at radius 2 is 1.21 bits per heavy atom. The van der Waals surface area contributed by atoms with Crippen molar-refractivity contribution in [3.63, 3.8) is 0 Å². The molecule has 3 amide bonds. The topological polar surface area (TPSA) is 60.9 Å². The fraction of sp³-hybridized carbons (Fsp3) is 0.348. The van der Waals surface area contributed by atoms with E-state index in [4.69, 9.17) is 0 Å². The van der Waals surface area contributed by atoms with E-state index in [9.17, 15) is 14.4 Å². The van der Waals surface area contributed by atoms with Crippen LogP contribution in [0, 0.1) is 0 Å². The normalized spacial score (nSPS) is 17.4. The Morgan fingerprint density at radius 3 is 1.76 bits per heavy atom. The summed E-state index contributed by atoms with van der Waals surface area (Å²) in [5, 5.41) is 0. The predicted octanol–water partition coefficient (Wildman–Crippen LogP) is 2.80. The van der Waals surface area contributed by atoms with Gasteiger partial charge in [0.05, 0.1) is 0 Å². The van der Waals surface area contributed by atoms with Gasteiger partial charge in [-0.15, -0.1) is 0 Å². The molecular weight excluding hydrogens is 366 g/mol. The number of anilines is 1. The van der Waals surface area contributed by atoms with Crippen molar-refractivity contribution in [1.29, 1.82) is 0 Å². The van der Waals surface area contributed by atoms with E-state index in [0.717, 1.165) is 25.1 Å². The van der Waals surface area contributed by atoms with E-state index >= 15 is 0 Å². The molecule has 2 fully saturated rings. The number of carbonyl (C=O) groups is 3. The van der Waals surface area contributed by atoms with Gasteiger partial charge < -0.3 is 14.7 Å². The van der Waals surface area contributed by atoms with Crippen LogP contribution < -0.4 is 4.90 Å². The zero-order chi connectivity index (χ0) is 20.2. The summed E-state index contributed by atoms with van der Waals surface area (Å²) in [5.74, 6) is 0.121. The van der Waals surface area contributed by atoms with Gasteiger partial charge in [-0.1, -0.05) is 18.2 Å². The lowest BCUT2D eigenvalue weighted by Gasteiger charge is -2.35. The first-order chi connectivity index (χ1) is 14.1. The van der Waals surface area contributed by atoms with Crippen molar-refractivity contribution in [3.05, 3.63) is 65.7 Å². The quantitative estimate of drug-likeness (QED) is 0.808. The highest BCUT2D eigenvalue weighted by Crippen LogP contribution is 2.22. The van der Waals surface area contributed by atoms with Crippen LogP contribution >= 0.6 is 0 Å². The van der Waals surface area contributed by atoms with Gasteiger partial charge in [0.1, 0.15) is 0 Å². The largest absolute Gasteiger partial charge is 0.335 e. The molecule has 2 aliphatic rings. The number of hydrogen-bond donors (Lipinski definition) is 0. The van der Waals surface area contributed by atoms with E-state index in [0.29, 0.717) is 43.7 Å². The molecule has 2 aliphatic heterocycles. The molecule has 2 heterocycles. The minimum absolute atomic E-state index is 0.00764. The van der Waals surface area contributed by atoms with E-state index in [1.54, 1.807) is 26.8 Å². The van der Waals surface area contributed by atoms with Gasteiger partial charge in [-0.25, -0.2) is 0 Å². The number of hydrogen-bond acceptors (Lipinski definition) is 3. The van der Waals surface area contributed by atoms with Gasteiger partial charge in [0.25, 0.3) is 11.8 Å². The molecule has 29 heavy (non-hydrogen) atoms. The summed E-state index contributed by atoms with van der Waals surface area (Å²) >= 11 is 0. The maximum absolute atomic E-state index is 12.8. The highest BCUT2D eigenvalue weighted by atomic mass is 16.2. The third-order valence-corrected chi connectivity index (χ3v) is 5.62.